The largest absolute Gasteiger partial charge is 0.309 e. The van der Waals surface area contributed by atoms with E-state index >= 15 is 0 Å². The lowest BCUT2D eigenvalue weighted by Crippen LogP contribution is -2.27. The molecular formula is C12H16N2O. The maximum Gasteiger partial charge on any atom is 0.268 e. The maximum absolute atomic E-state index is 11.9. The zero-order valence-electron chi connectivity index (χ0n) is 9.61. The highest BCUT2D eigenvalue weighted by Gasteiger charge is 2.13. The van der Waals surface area contributed by atoms with Crippen molar-refractivity contribution >= 4 is 0 Å². The van der Waals surface area contributed by atoms with Gasteiger partial charge < -0.3 is 4.57 Å². The molecule has 15 heavy (non-hydrogen) atoms. The third-order valence-electron chi connectivity index (χ3n) is 2.38. The van der Waals surface area contributed by atoms with Gasteiger partial charge in [-0.1, -0.05) is 13.8 Å². The van der Waals surface area contributed by atoms with Crippen LogP contribution in [0.1, 0.15) is 50.9 Å². The summed E-state index contributed by atoms with van der Waals surface area (Å²) in [6, 6.07) is 5.48. The molecule has 1 heterocycles. The number of pyridine rings is 1. The lowest BCUT2D eigenvalue weighted by atomic mass is 10.1. The predicted molar refractivity (Wildman–Crippen MR) is 59.9 cm³/mol. The lowest BCUT2D eigenvalue weighted by molar-refractivity contribution is 0.534. The molecule has 0 saturated carbocycles. The molecule has 0 saturated heterocycles. The molecule has 0 unspecified atom stereocenters. The SMILES string of the molecule is CC(C)c1ccc(C#N)c(=O)n1C(C)C. The summed E-state index contributed by atoms with van der Waals surface area (Å²) in [6.45, 7) is 7.99. The van der Waals surface area contributed by atoms with Crippen LogP contribution in [0.25, 0.3) is 0 Å². The molecule has 0 fully saturated rings. The maximum atomic E-state index is 11.9. The molecule has 80 valence electrons. The summed E-state index contributed by atoms with van der Waals surface area (Å²) in [7, 11) is 0. The highest BCUT2D eigenvalue weighted by molar-refractivity contribution is 5.28. The Morgan fingerprint density at radius 1 is 1.27 bits per heavy atom. The molecule has 0 aliphatic carbocycles. The van der Waals surface area contributed by atoms with Gasteiger partial charge in [0.15, 0.2) is 0 Å². The van der Waals surface area contributed by atoms with Gasteiger partial charge in [0.05, 0.1) is 0 Å². The average molecular weight is 204 g/mol. The van der Waals surface area contributed by atoms with E-state index < -0.39 is 0 Å². The number of aromatic nitrogens is 1. The zero-order chi connectivity index (χ0) is 11.6. The molecule has 0 amide bonds. The number of hydrogen-bond donors (Lipinski definition) is 0. The Morgan fingerprint density at radius 3 is 2.27 bits per heavy atom. The quantitative estimate of drug-likeness (QED) is 0.742. The number of nitriles is 1. The Hall–Kier alpha value is -1.56. The second kappa shape index (κ2) is 4.31. The van der Waals surface area contributed by atoms with E-state index in [0.717, 1.165) is 5.69 Å². The number of nitrogens with zero attached hydrogens (tertiary/aromatic N) is 2. The molecule has 0 bridgehead atoms. The molecule has 3 nitrogen and oxygen atoms in total. The Kier molecular flexibility index (Phi) is 3.31. The van der Waals surface area contributed by atoms with Gasteiger partial charge in [0.25, 0.3) is 5.56 Å². The van der Waals surface area contributed by atoms with Crippen molar-refractivity contribution in [1.82, 2.24) is 4.57 Å². The van der Waals surface area contributed by atoms with Crippen molar-refractivity contribution < 1.29 is 0 Å². The van der Waals surface area contributed by atoms with Gasteiger partial charge in [-0.2, -0.15) is 5.26 Å². The molecule has 0 aliphatic heterocycles. The van der Waals surface area contributed by atoms with Gasteiger partial charge >= 0.3 is 0 Å². The van der Waals surface area contributed by atoms with Gasteiger partial charge in [-0.15, -0.1) is 0 Å². The van der Waals surface area contributed by atoms with Crippen LogP contribution in [0.15, 0.2) is 16.9 Å². The molecule has 1 aromatic rings. The van der Waals surface area contributed by atoms with Crippen LogP contribution in [0.2, 0.25) is 0 Å². The molecule has 0 radical (unpaired) electrons. The summed E-state index contributed by atoms with van der Waals surface area (Å²) < 4.78 is 1.70. The van der Waals surface area contributed by atoms with E-state index in [-0.39, 0.29) is 23.1 Å². The van der Waals surface area contributed by atoms with Crippen LogP contribution in [0.3, 0.4) is 0 Å². The normalized spacial score (nSPS) is 10.7. The van der Waals surface area contributed by atoms with Crippen molar-refractivity contribution in [2.75, 3.05) is 0 Å². The van der Waals surface area contributed by atoms with Crippen LogP contribution < -0.4 is 5.56 Å². The topological polar surface area (TPSA) is 45.8 Å². The van der Waals surface area contributed by atoms with Crippen molar-refractivity contribution in [2.45, 2.75) is 39.7 Å². The second-order valence-electron chi connectivity index (χ2n) is 4.21. The summed E-state index contributed by atoms with van der Waals surface area (Å²) in [6.07, 6.45) is 0. The van der Waals surface area contributed by atoms with Crippen molar-refractivity contribution in [3.8, 4) is 6.07 Å². The smallest absolute Gasteiger partial charge is 0.268 e. The first kappa shape index (κ1) is 11.5. The standard InChI is InChI=1S/C12H16N2O/c1-8(2)11-6-5-10(7-13)12(15)14(11)9(3)4/h5-6,8-9H,1-4H3. The molecular weight excluding hydrogens is 188 g/mol. The van der Waals surface area contributed by atoms with E-state index in [9.17, 15) is 4.79 Å². The lowest BCUT2D eigenvalue weighted by Gasteiger charge is -2.18. The summed E-state index contributed by atoms with van der Waals surface area (Å²) >= 11 is 0. The molecule has 0 spiro atoms. The van der Waals surface area contributed by atoms with Crippen LogP contribution in [0.5, 0.6) is 0 Å². The van der Waals surface area contributed by atoms with E-state index in [0.29, 0.717) is 0 Å². The first-order chi connectivity index (χ1) is 6.99. The summed E-state index contributed by atoms with van der Waals surface area (Å²) in [5.41, 5.74) is 1.01. The summed E-state index contributed by atoms with van der Waals surface area (Å²) in [5.74, 6) is 0.285. The fraction of sp³-hybridized carbons (Fsp3) is 0.500. The van der Waals surface area contributed by atoms with Gasteiger partial charge in [-0.3, -0.25) is 4.79 Å². The van der Waals surface area contributed by atoms with Crippen LogP contribution in [0.4, 0.5) is 0 Å². The minimum atomic E-state index is -0.182. The molecule has 0 aromatic carbocycles. The first-order valence-electron chi connectivity index (χ1n) is 5.14. The summed E-state index contributed by atoms with van der Waals surface area (Å²) in [5, 5.41) is 8.79. The van der Waals surface area contributed by atoms with Gasteiger partial charge in [-0.05, 0) is 31.9 Å². The first-order valence-corrected chi connectivity index (χ1v) is 5.14. The Bertz CT molecular complexity index is 450. The Balaban J connectivity index is 3.54. The second-order valence-corrected chi connectivity index (χ2v) is 4.21. The van der Waals surface area contributed by atoms with Gasteiger partial charge in [0, 0.05) is 11.7 Å². The van der Waals surface area contributed by atoms with Crippen LogP contribution in [-0.2, 0) is 0 Å². The molecule has 0 atom stereocenters. The minimum absolute atomic E-state index is 0.0863. The van der Waals surface area contributed by atoms with Gasteiger partial charge in [0.1, 0.15) is 11.6 Å². The molecule has 0 aliphatic rings. The number of hydrogen-bond acceptors (Lipinski definition) is 2. The van der Waals surface area contributed by atoms with E-state index in [4.69, 9.17) is 5.26 Å². The fourth-order valence-corrected chi connectivity index (χ4v) is 1.66. The highest BCUT2D eigenvalue weighted by atomic mass is 16.1. The zero-order valence-corrected chi connectivity index (χ0v) is 9.61. The van der Waals surface area contributed by atoms with E-state index in [1.807, 2.05) is 39.8 Å². The number of rotatable bonds is 2. The highest BCUT2D eigenvalue weighted by Crippen LogP contribution is 2.16. The molecule has 1 aromatic heterocycles. The van der Waals surface area contributed by atoms with Crippen molar-refractivity contribution in [3.63, 3.8) is 0 Å². The molecule has 0 N–H and O–H groups in total. The van der Waals surface area contributed by atoms with E-state index in [1.54, 1.807) is 10.6 Å². The average Bonchev–Trinajstić information content (AvgIpc) is 2.16. The van der Waals surface area contributed by atoms with Crippen LogP contribution >= 0.6 is 0 Å². The monoisotopic (exact) mass is 204 g/mol. The van der Waals surface area contributed by atoms with Crippen molar-refractivity contribution in [3.05, 3.63) is 33.7 Å². The molecule has 1 rings (SSSR count). The Labute approximate surface area is 90.0 Å². The fourth-order valence-electron chi connectivity index (χ4n) is 1.66. The van der Waals surface area contributed by atoms with Crippen LogP contribution in [-0.4, -0.2) is 4.57 Å². The van der Waals surface area contributed by atoms with Crippen LogP contribution in [0, 0.1) is 11.3 Å². The van der Waals surface area contributed by atoms with Gasteiger partial charge in [-0.25, -0.2) is 0 Å². The van der Waals surface area contributed by atoms with E-state index in [2.05, 4.69) is 0 Å². The molecule has 3 heteroatoms. The minimum Gasteiger partial charge on any atom is -0.309 e. The van der Waals surface area contributed by atoms with Crippen molar-refractivity contribution in [2.24, 2.45) is 0 Å². The predicted octanol–water partition coefficient (Wildman–Crippen LogP) is 2.42. The third-order valence-corrected chi connectivity index (χ3v) is 2.38. The van der Waals surface area contributed by atoms with Crippen molar-refractivity contribution in [1.29, 1.82) is 5.26 Å². The third kappa shape index (κ3) is 2.10. The summed E-state index contributed by atoms with van der Waals surface area (Å²) in [4.78, 5) is 11.9. The van der Waals surface area contributed by atoms with Gasteiger partial charge in [0.2, 0.25) is 0 Å². The Morgan fingerprint density at radius 2 is 1.87 bits per heavy atom. The van der Waals surface area contributed by atoms with E-state index in [1.165, 1.54) is 0 Å².